The third kappa shape index (κ3) is 22.9. The van der Waals surface area contributed by atoms with Gasteiger partial charge in [0.2, 0.25) is 0 Å². The summed E-state index contributed by atoms with van der Waals surface area (Å²) in [6.45, 7) is 3.13. The molecule has 0 heterocycles. The number of carbonyl (C=O) groups excluding carboxylic acids is 1. The highest BCUT2D eigenvalue weighted by atomic mass is 16.5. The van der Waals surface area contributed by atoms with Crippen LogP contribution < -0.4 is 11.1 Å². The molecule has 0 aliphatic rings. The molecule has 29 heavy (non-hydrogen) atoms. The lowest BCUT2D eigenvalue weighted by Crippen LogP contribution is -2.34. The van der Waals surface area contributed by atoms with E-state index < -0.39 is 0 Å². The lowest BCUT2D eigenvalue weighted by atomic mass is 10.0. The van der Waals surface area contributed by atoms with Gasteiger partial charge in [-0.2, -0.15) is 0 Å². The molecule has 0 rings (SSSR count). The molecule has 0 aliphatic carbocycles. The Morgan fingerprint density at radius 1 is 0.759 bits per heavy atom. The van der Waals surface area contributed by atoms with Crippen LogP contribution in [0.1, 0.15) is 122 Å². The number of guanidine groups is 1. The zero-order valence-corrected chi connectivity index (χ0v) is 19.5. The smallest absolute Gasteiger partial charge is 0.305 e. The summed E-state index contributed by atoms with van der Waals surface area (Å²) in [6, 6.07) is 0. The molecule has 0 fully saturated rings. The van der Waals surface area contributed by atoms with E-state index in [1.165, 1.54) is 96.3 Å². The van der Waals surface area contributed by atoms with Gasteiger partial charge in [0, 0.05) is 13.5 Å². The fraction of sp³-hybridized carbons (Fsp3) is 0.917. The number of aliphatic imine (C=N–C) groups is 1. The Bertz CT molecular complexity index is 386. The normalized spacial score (nSPS) is 11.6. The first-order chi connectivity index (χ1) is 14.2. The second-order valence-electron chi connectivity index (χ2n) is 8.16. The van der Waals surface area contributed by atoms with E-state index in [4.69, 9.17) is 10.5 Å². The quantitative estimate of drug-likeness (QED) is 0.103. The van der Waals surface area contributed by atoms with E-state index in [0.29, 0.717) is 25.5 Å². The molecule has 172 valence electrons. The van der Waals surface area contributed by atoms with Crippen LogP contribution in [0, 0.1) is 0 Å². The predicted octanol–water partition coefficient (Wildman–Crippen LogP) is 6.11. The van der Waals surface area contributed by atoms with Crippen LogP contribution in [0.15, 0.2) is 4.99 Å². The summed E-state index contributed by atoms with van der Waals surface area (Å²) in [5.41, 5.74) is 5.49. The molecule has 0 spiro atoms. The van der Waals surface area contributed by atoms with Crippen LogP contribution in [0.25, 0.3) is 0 Å². The first-order valence-corrected chi connectivity index (χ1v) is 12.3. The van der Waals surface area contributed by atoms with E-state index in [2.05, 4.69) is 17.2 Å². The topological polar surface area (TPSA) is 76.7 Å². The van der Waals surface area contributed by atoms with Gasteiger partial charge in [0.15, 0.2) is 5.96 Å². The third-order valence-electron chi connectivity index (χ3n) is 5.40. The molecule has 0 aliphatic heterocycles. The highest BCUT2D eigenvalue weighted by Gasteiger charge is 2.02. The van der Waals surface area contributed by atoms with Crippen molar-refractivity contribution in [1.29, 1.82) is 0 Å². The average molecular weight is 412 g/mol. The summed E-state index contributed by atoms with van der Waals surface area (Å²) in [6.07, 6.45) is 23.4. The van der Waals surface area contributed by atoms with E-state index in [1.807, 2.05) is 0 Å². The molecule has 3 N–H and O–H groups in total. The second-order valence-corrected chi connectivity index (χ2v) is 8.16. The van der Waals surface area contributed by atoms with Gasteiger partial charge < -0.3 is 15.8 Å². The molecule has 0 amide bonds. The number of esters is 1. The molecule has 0 saturated heterocycles. The van der Waals surface area contributed by atoms with Gasteiger partial charge in [0.05, 0.1) is 6.54 Å². The Kier molecular flexibility index (Phi) is 22.0. The summed E-state index contributed by atoms with van der Waals surface area (Å²) in [5, 5.41) is 2.86. The van der Waals surface area contributed by atoms with Crippen molar-refractivity contribution in [2.45, 2.75) is 122 Å². The molecular weight excluding hydrogens is 362 g/mol. The van der Waals surface area contributed by atoms with Gasteiger partial charge >= 0.3 is 5.97 Å². The summed E-state index contributed by atoms with van der Waals surface area (Å²) in [4.78, 5) is 15.4. The van der Waals surface area contributed by atoms with Crippen molar-refractivity contribution in [2.24, 2.45) is 10.7 Å². The minimum atomic E-state index is -0.111. The number of carbonyl (C=O) groups is 1. The number of hydrogen-bond donors (Lipinski definition) is 2. The molecule has 0 radical (unpaired) electrons. The van der Waals surface area contributed by atoms with Crippen LogP contribution in [0.4, 0.5) is 0 Å². The van der Waals surface area contributed by atoms with Crippen molar-refractivity contribution < 1.29 is 9.53 Å². The largest absolute Gasteiger partial charge is 0.464 e. The Labute approximate surface area is 180 Å². The molecule has 0 bridgehead atoms. The minimum absolute atomic E-state index is 0.111. The SMILES string of the molecule is CCCCCCCCCCCCCCCCCCCC(=O)OCCNC(N)=NC. The van der Waals surface area contributed by atoms with E-state index in [-0.39, 0.29) is 5.97 Å². The lowest BCUT2D eigenvalue weighted by Gasteiger charge is -2.06. The number of nitrogens with zero attached hydrogens (tertiary/aromatic N) is 1. The number of ether oxygens (including phenoxy) is 1. The standard InChI is InChI=1S/C24H49N3O2/c1-3-4-5-6-7-8-9-10-11-12-13-14-15-16-17-18-19-20-23(28)29-22-21-27-24(25)26-2/h3-22H2,1-2H3,(H3,25,26,27). The van der Waals surface area contributed by atoms with Crippen LogP contribution in [0.2, 0.25) is 0 Å². The maximum absolute atomic E-state index is 11.6. The molecule has 0 saturated carbocycles. The van der Waals surface area contributed by atoms with Crippen LogP contribution >= 0.6 is 0 Å². The lowest BCUT2D eigenvalue weighted by molar-refractivity contribution is -0.143. The predicted molar refractivity (Wildman–Crippen MR) is 125 cm³/mol. The van der Waals surface area contributed by atoms with Gasteiger partial charge in [-0.15, -0.1) is 0 Å². The fourth-order valence-corrected chi connectivity index (χ4v) is 3.49. The molecule has 0 aromatic rings. The first kappa shape index (κ1) is 27.7. The van der Waals surface area contributed by atoms with Crippen molar-refractivity contribution in [2.75, 3.05) is 20.2 Å². The summed E-state index contributed by atoms with van der Waals surface area (Å²) in [5.74, 6) is 0.258. The molecule has 0 aromatic heterocycles. The monoisotopic (exact) mass is 411 g/mol. The Balaban J connectivity index is 3.15. The minimum Gasteiger partial charge on any atom is -0.464 e. The number of nitrogens with one attached hydrogen (secondary N) is 1. The highest BCUT2D eigenvalue weighted by Crippen LogP contribution is 2.14. The number of unbranched alkanes of at least 4 members (excludes halogenated alkanes) is 16. The maximum atomic E-state index is 11.6. The number of rotatable bonds is 21. The van der Waals surface area contributed by atoms with Crippen molar-refractivity contribution in [3.63, 3.8) is 0 Å². The van der Waals surface area contributed by atoms with E-state index in [0.717, 1.165) is 12.8 Å². The highest BCUT2D eigenvalue weighted by molar-refractivity contribution is 5.77. The summed E-state index contributed by atoms with van der Waals surface area (Å²) in [7, 11) is 1.62. The van der Waals surface area contributed by atoms with Gasteiger partial charge in [0.25, 0.3) is 0 Å². The van der Waals surface area contributed by atoms with E-state index in [1.54, 1.807) is 7.05 Å². The van der Waals surface area contributed by atoms with Crippen LogP contribution in [0.5, 0.6) is 0 Å². The van der Waals surface area contributed by atoms with Gasteiger partial charge in [0.1, 0.15) is 6.61 Å². The van der Waals surface area contributed by atoms with E-state index in [9.17, 15) is 4.79 Å². The molecule has 0 aromatic carbocycles. The molecule has 5 heteroatoms. The van der Waals surface area contributed by atoms with Crippen molar-refractivity contribution in [1.82, 2.24) is 5.32 Å². The number of hydrogen-bond acceptors (Lipinski definition) is 3. The second kappa shape index (κ2) is 23.0. The molecule has 5 nitrogen and oxygen atoms in total. The van der Waals surface area contributed by atoms with Crippen LogP contribution in [-0.4, -0.2) is 32.1 Å². The Morgan fingerprint density at radius 2 is 1.17 bits per heavy atom. The Morgan fingerprint density at radius 3 is 1.59 bits per heavy atom. The average Bonchev–Trinajstić information content (AvgIpc) is 2.73. The van der Waals surface area contributed by atoms with E-state index >= 15 is 0 Å². The first-order valence-electron chi connectivity index (χ1n) is 12.3. The van der Waals surface area contributed by atoms with Gasteiger partial charge in [-0.3, -0.25) is 9.79 Å². The van der Waals surface area contributed by atoms with Crippen molar-refractivity contribution in [3.8, 4) is 0 Å². The van der Waals surface area contributed by atoms with Gasteiger partial charge in [-0.05, 0) is 6.42 Å². The zero-order chi connectivity index (χ0) is 21.4. The molecule has 0 atom stereocenters. The van der Waals surface area contributed by atoms with Gasteiger partial charge in [-0.1, -0.05) is 110 Å². The summed E-state index contributed by atoms with van der Waals surface area (Å²) >= 11 is 0. The van der Waals surface area contributed by atoms with Crippen molar-refractivity contribution in [3.05, 3.63) is 0 Å². The summed E-state index contributed by atoms with van der Waals surface area (Å²) < 4.78 is 5.15. The molecular formula is C24H49N3O2. The maximum Gasteiger partial charge on any atom is 0.305 e. The fourth-order valence-electron chi connectivity index (χ4n) is 3.49. The Hall–Kier alpha value is -1.26. The number of nitrogens with two attached hydrogens (primary N) is 1. The van der Waals surface area contributed by atoms with Crippen LogP contribution in [0.3, 0.4) is 0 Å². The molecule has 0 unspecified atom stereocenters. The van der Waals surface area contributed by atoms with Crippen LogP contribution in [-0.2, 0) is 9.53 Å². The zero-order valence-electron chi connectivity index (χ0n) is 19.5. The van der Waals surface area contributed by atoms with Crippen molar-refractivity contribution >= 4 is 11.9 Å². The third-order valence-corrected chi connectivity index (χ3v) is 5.40. The van der Waals surface area contributed by atoms with Gasteiger partial charge in [-0.25, -0.2) is 0 Å².